The Morgan fingerprint density at radius 3 is 2.58 bits per heavy atom. The summed E-state index contributed by atoms with van der Waals surface area (Å²) < 4.78 is 0. The Hall–Kier alpha value is -2.44. The van der Waals surface area contributed by atoms with E-state index in [0.29, 0.717) is 43.5 Å². The molecule has 0 radical (unpaired) electrons. The standard InChI is InChI=1S/C17H21N3O4/c21-14-3-1-2-13-12(14)8-9-15(19-13)20-17(24)18-11-6-4-10(5-7-11)16(22)23/h8-11H,1-7H2,(H,22,23)(H2,18,19,20,24). The van der Waals surface area contributed by atoms with Crippen LogP contribution in [0, 0.1) is 5.92 Å². The van der Waals surface area contributed by atoms with E-state index >= 15 is 0 Å². The fourth-order valence-electron chi connectivity index (χ4n) is 3.39. The summed E-state index contributed by atoms with van der Waals surface area (Å²) in [6, 6.07) is 3.00. The minimum absolute atomic E-state index is 0.0141. The molecule has 0 spiro atoms. The van der Waals surface area contributed by atoms with Gasteiger partial charge >= 0.3 is 12.0 Å². The Morgan fingerprint density at radius 2 is 1.88 bits per heavy atom. The van der Waals surface area contributed by atoms with Gasteiger partial charge < -0.3 is 10.4 Å². The van der Waals surface area contributed by atoms with Crippen LogP contribution in [0.4, 0.5) is 10.6 Å². The molecule has 24 heavy (non-hydrogen) atoms. The number of carbonyl (C=O) groups is 3. The van der Waals surface area contributed by atoms with E-state index in [-0.39, 0.29) is 23.8 Å². The highest BCUT2D eigenvalue weighted by atomic mass is 16.4. The fraction of sp³-hybridized carbons (Fsp3) is 0.529. The van der Waals surface area contributed by atoms with Crippen molar-refractivity contribution in [2.45, 2.75) is 51.0 Å². The minimum atomic E-state index is -0.759. The average Bonchev–Trinajstić information content (AvgIpc) is 2.55. The predicted octanol–water partition coefficient (Wildman–Crippen LogP) is 2.37. The van der Waals surface area contributed by atoms with E-state index in [1.54, 1.807) is 12.1 Å². The molecule has 1 aromatic rings. The van der Waals surface area contributed by atoms with Crippen LogP contribution in [0.15, 0.2) is 12.1 Å². The lowest BCUT2D eigenvalue weighted by Crippen LogP contribution is -2.41. The number of anilines is 1. The van der Waals surface area contributed by atoms with Crippen molar-refractivity contribution in [2.24, 2.45) is 5.92 Å². The van der Waals surface area contributed by atoms with Gasteiger partial charge in [-0.3, -0.25) is 14.9 Å². The number of hydrogen-bond acceptors (Lipinski definition) is 4. The summed E-state index contributed by atoms with van der Waals surface area (Å²) in [6.07, 6.45) is 4.59. The summed E-state index contributed by atoms with van der Waals surface area (Å²) in [4.78, 5) is 39.2. The highest BCUT2D eigenvalue weighted by Crippen LogP contribution is 2.25. The first-order valence-corrected chi connectivity index (χ1v) is 8.36. The van der Waals surface area contributed by atoms with Gasteiger partial charge in [-0.25, -0.2) is 9.78 Å². The normalized spacial score (nSPS) is 23.2. The van der Waals surface area contributed by atoms with Crippen LogP contribution >= 0.6 is 0 Å². The van der Waals surface area contributed by atoms with Gasteiger partial charge in [0.2, 0.25) is 0 Å². The number of carboxylic acid groups (broad SMARTS) is 1. The van der Waals surface area contributed by atoms with Gasteiger partial charge in [0, 0.05) is 18.0 Å². The van der Waals surface area contributed by atoms with E-state index in [1.807, 2.05) is 0 Å². The summed E-state index contributed by atoms with van der Waals surface area (Å²) in [6.45, 7) is 0. The molecule has 1 aromatic heterocycles. The third-order valence-electron chi connectivity index (χ3n) is 4.75. The zero-order valence-corrected chi connectivity index (χ0v) is 13.4. The molecule has 0 unspecified atom stereocenters. The van der Waals surface area contributed by atoms with Crippen molar-refractivity contribution >= 4 is 23.6 Å². The third-order valence-corrected chi connectivity index (χ3v) is 4.75. The van der Waals surface area contributed by atoms with Gasteiger partial charge in [0.15, 0.2) is 5.78 Å². The van der Waals surface area contributed by atoms with Crippen LogP contribution in [0.3, 0.4) is 0 Å². The second-order valence-electron chi connectivity index (χ2n) is 6.45. The number of hydrogen-bond donors (Lipinski definition) is 3. The highest BCUT2D eigenvalue weighted by Gasteiger charge is 2.27. The summed E-state index contributed by atoms with van der Waals surface area (Å²) >= 11 is 0. The Labute approximate surface area is 139 Å². The molecular formula is C17H21N3O4. The molecule has 0 atom stereocenters. The summed E-state index contributed by atoms with van der Waals surface area (Å²) in [5.41, 5.74) is 1.39. The molecule has 1 fully saturated rings. The number of aryl methyl sites for hydroxylation is 1. The Bertz CT molecular complexity index is 666. The second kappa shape index (κ2) is 6.98. The number of aromatic nitrogens is 1. The average molecular weight is 331 g/mol. The van der Waals surface area contributed by atoms with Gasteiger partial charge in [-0.2, -0.15) is 0 Å². The molecule has 0 saturated heterocycles. The van der Waals surface area contributed by atoms with Gasteiger partial charge in [-0.1, -0.05) is 0 Å². The number of rotatable bonds is 3. The largest absolute Gasteiger partial charge is 0.481 e. The highest BCUT2D eigenvalue weighted by molar-refractivity contribution is 5.98. The molecule has 2 aliphatic rings. The summed E-state index contributed by atoms with van der Waals surface area (Å²) in [5, 5.41) is 14.5. The van der Waals surface area contributed by atoms with E-state index in [4.69, 9.17) is 5.11 Å². The zero-order valence-electron chi connectivity index (χ0n) is 13.4. The lowest BCUT2D eigenvalue weighted by Gasteiger charge is -2.26. The Balaban J connectivity index is 1.54. The van der Waals surface area contributed by atoms with Crippen LogP contribution in [0.5, 0.6) is 0 Å². The minimum Gasteiger partial charge on any atom is -0.481 e. The van der Waals surface area contributed by atoms with Crippen LogP contribution < -0.4 is 10.6 Å². The number of Topliss-reactive ketones (excluding diaryl/α,β-unsaturated/α-hetero) is 1. The number of nitrogens with zero attached hydrogens (tertiary/aromatic N) is 1. The van der Waals surface area contributed by atoms with Crippen LogP contribution in [0.1, 0.15) is 54.6 Å². The number of amides is 2. The van der Waals surface area contributed by atoms with Gasteiger partial charge in [-0.05, 0) is 50.7 Å². The molecule has 0 bridgehead atoms. The second-order valence-corrected chi connectivity index (χ2v) is 6.45. The molecule has 0 aromatic carbocycles. The van der Waals surface area contributed by atoms with Crippen LogP contribution in [0.2, 0.25) is 0 Å². The topological polar surface area (TPSA) is 108 Å². The van der Waals surface area contributed by atoms with Crippen molar-refractivity contribution in [3.05, 3.63) is 23.4 Å². The number of ketones is 1. The van der Waals surface area contributed by atoms with E-state index < -0.39 is 5.97 Å². The maximum absolute atomic E-state index is 12.1. The lowest BCUT2D eigenvalue weighted by atomic mass is 9.86. The fourth-order valence-corrected chi connectivity index (χ4v) is 3.39. The molecule has 2 amide bonds. The molecule has 7 heteroatoms. The number of carbonyl (C=O) groups excluding carboxylic acids is 2. The SMILES string of the molecule is O=C(Nc1ccc2c(n1)CCCC2=O)NC1CCC(C(=O)O)CC1. The predicted molar refractivity (Wildman–Crippen MR) is 87.0 cm³/mol. The third kappa shape index (κ3) is 3.72. The maximum Gasteiger partial charge on any atom is 0.320 e. The van der Waals surface area contributed by atoms with Crippen LogP contribution in [-0.4, -0.2) is 33.9 Å². The zero-order chi connectivity index (χ0) is 17.1. The Morgan fingerprint density at radius 1 is 1.12 bits per heavy atom. The molecular weight excluding hydrogens is 310 g/mol. The monoisotopic (exact) mass is 331 g/mol. The van der Waals surface area contributed by atoms with Gasteiger partial charge in [0.1, 0.15) is 5.82 Å². The Kier molecular flexibility index (Phi) is 4.78. The maximum atomic E-state index is 12.1. The van der Waals surface area contributed by atoms with Gasteiger partial charge in [-0.15, -0.1) is 0 Å². The number of aliphatic carboxylic acids is 1. The molecule has 7 nitrogen and oxygen atoms in total. The quantitative estimate of drug-likeness (QED) is 0.788. The molecule has 3 N–H and O–H groups in total. The van der Waals surface area contributed by atoms with Gasteiger partial charge in [0.25, 0.3) is 0 Å². The molecule has 128 valence electrons. The van der Waals surface area contributed by atoms with Crippen molar-refractivity contribution in [1.82, 2.24) is 10.3 Å². The van der Waals surface area contributed by atoms with Crippen molar-refractivity contribution in [3.63, 3.8) is 0 Å². The molecule has 3 rings (SSSR count). The van der Waals surface area contributed by atoms with Crippen molar-refractivity contribution < 1.29 is 19.5 Å². The van der Waals surface area contributed by atoms with E-state index in [1.165, 1.54) is 0 Å². The molecule has 1 heterocycles. The molecule has 0 aliphatic heterocycles. The van der Waals surface area contributed by atoms with Crippen LogP contribution in [-0.2, 0) is 11.2 Å². The number of pyridine rings is 1. The number of fused-ring (bicyclic) bond motifs is 1. The summed E-state index contributed by atoms with van der Waals surface area (Å²) in [5.74, 6) is -0.521. The first-order valence-electron chi connectivity index (χ1n) is 8.36. The van der Waals surface area contributed by atoms with Crippen molar-refractivity contribution in [3.8, 4) is 0 Å². The molecule has 2 aliphatic carbocycles. The first-order chi connectivity index (χ1) is 11.5. The van der Waals surface area contributed by atoms with E-state index in [2.05, 4.69) is 15.6 Å². The summed E-state index contributed by atoms with van der Waals surface area (Å²) in [7, 11) is 0. The molecule has 1 saturated carbocycles. The van der Waals surface area contributed by atoms with E-state index in [0.717, 1.165) is 18.5 Å². The number of urea groups is 1. The van der Waals surface area contributed by atoms with Crippen LogP contribution in [0.25, 0.3) is 0 Å². The van der Waals surface area contributed by atoms with Crippen molar-refractivity contribution in [1.29, 1.82) is 0 Å². The first kappa shape index (κ1) is 16.4. The van der Waals surface area contributed by atoms with E-state index in [9.17, 15) is 14.4 Å². The smallest absolute Gasteiger partial charge is 0.320 e. The van der Waals surface area contributed by atoms with Crippen molar-refractivity contribution in [2.75, 3.05) is 5.32 Å². The number of nitrogens with one attached hydrogen (secondary N) is 2. The van der Waals surface area contributed by atoms with Gasteiger partial charge in [0.05, 0.1) is 11.6 Å². The number of carboxylic acids is 1. The lowest BCUT2D eigenvalue weighted by molar-refractivity contribution is -0.142.